The van der Waals surface area contributed by atoms with Gasteiger partial charge >= 0.3 is 0 Å². The number of hydrogen-bond acceptors (Lipinski definition) is 7. The minimum Gasteiger partial charge on any atom is -0.383 e. The van der Waals surface area contributed by atoms with Crippen molar-refractivity contribution in [3.8, 4) is 21.8 Å². The number of halogens is 1. The topological polar surface area (TPSA) is 83.0 Å². The molecule has 2 aromatic heterocycles. The van der Waals surface area contributed by atoms with Gasteiger partial charge in [0, 0.05) is 16.8 Å². The van der Waals surface area contributed by atoms with Gasteiger partial charge in [0.05, 0.1) is 22.3 Å². The van der Waals surface area contributed by atoms with E-state index in [1.54, 1.807) is 6.20 Å². The van der Waals surface area contributed by atoms with Gasteiger partial charge in [0.1, 0.15) is 10.6 Å². The van der Waals surface area contributed by atoms with Gasteiger partial charge in [0.15, 0.2) is 0 Å². The monoisotopic (exact) mass is 491 g/mol. The van der Waals surface area contributed by atoms with Gasteiger partial charge in [-0.05, 0) is 56.6 Å². The zero-order valence-corrected chi connectivity index (χ0v) is 20.4. The van der Waals surface area contributed by atoms with Gasteiger partial charge in [-0.15, -0.1) is 11.3 Å². The van der Waals surface area contributed by atoms with E-state index in [2.05, 4.69) is 34.7 Å². The Kier molecular flexibility index (Phi) is 6.61. The first-order valence-electron chi connectivity index (χ1n) is 11.4. The highest BCUT2D eigenvalue weighted by Crippen LogP contribution is 2.42. The number of piperidine rings is 1. The van der Waals surface area contributed by atoms with E-state index in [1.165, 1.54) is 11.3 Å². The van der Waals surface area contributed by atoms with Crippen LogP contribution in [-0.2, 0) is 5.60 Å². The fourth-order valence-corrected chi connectivity index (χ4v) is 5.54. The third kappa shape index (κ3) is 4.83. The van der Waals surface area contributed by atoms with Crippen molar-refractivity contribution in [3.63, 3.8) is 0 Å². The maximum absolute atomic E-state index is 11.4. The predicted molar refractivity (Wildman–Crippen MR) is 138 cm³/mol. The molecule has 0 aliphatic carbocycles. The standard InChI is InChI=1S/C26H26ClN5OS/c1-17(18-6-3-2-4-7-18)30-25-29-13-10-21(31-25)23-22(19-8-5-9-20(27)16-19)32-24(34-23)26(33)11-14-28-15-12-26/h2-10,13,16-17,28,33H,11-12,14-15H2,1H3,(H,29,30,31). The number of nitrogens with one attached hydrogen (secondary N) is 2. The number of aliphatic hydroxyl groups is 1. The van der Waals surface area contributed by atoms with E-state index in [1.807, 2.05) is 48.5 Å². The molecule has 34 heavy (non-hydrogen) atoms. The lowest BCUT2D eigenvalue weighted by Gasteiger charge is -2.30. The Bertz CT molecular complexity index is 1270. The fraction of sp³-hybridized carbons (Fsp3) is 0.269. The summed E-state index contributed by atoms with van der Waals surface area (Å²) in [5.74, 6) is 0.543. The lowest BCUT2D eigenvalue weighted by atomic mass is 9.93. The summed E-state index contributed by atoms with van der Waals surface area (Å²) in [6, 6.07) is 19.8. The average molecular weight is 492 g/mol. The van der Waals surface area contributed by atoms with Crippen molar-refractivity contribution in [3.05, 3.63) is 82.5 Å². The molecule has 4 aromatic rings. The summed E-state index contributed by atoms with van der Waals surface area (Å²) in [7, 11) is 0. The molecule has 0 amide bonds. The Labute approximate surface area is 208 Å². The average Bonchev–Trinajstić information content (AvgIpc) is 3.32. The molecule has 0 spiro atoms. The van der Waals surface area contributed by atoms with Gasteiger partial charge in [0.25, 0.3) is 0 Å². The summed E-state index contributed by atoms with van der Waals surface area (Å²) in [5.41, 5.74) is 2.64. The van der Waals surface area contributed by atoms with Gasteiger partial charge < -0.3 is 15.7 Å². The number of hydrogen-bond donors (Lipinski definition) is 3. The molecule has 1 unspecified atom stereocenters. The molecule has 8 heteroatoms. The third-order valence-corrected chi connectivity index (χ3v) is 7.59. The molecule has 0 bridgehead atoms. The number of aromatic nitrogens is 3. The van der Waals surface area contributed by atoms with Crippen molar-refractivity contribution in [1.29, 1.82) is 0 Å². The first kappa shape index (κ1) is 22.9. The fourth-order valence-electron chi connectivity index (χ4n) is 4.15. The summed E-state index contributed by atoms with van der Waals surface area (Å²) in [6.07, 6.45) is 3.00. The second-order valence-corrected chi connectivity index (χ2v) is 9.97. The molecule has 174 valence electrons. The van der Waals surface area contributed by atoms with Crippen LogP contribution in [0.1, 0.15) is 36.4 Å². The molecule has 1 aliphatic heterocycles. The Balaban J connectivity index is 1.54. The highest BCUT2D eigenvalue weighted by atomic mass is 35.5. The minimum atomic E-state index is -0.947. The summed E-state index contributed by atoms with van der Waals surface area (Å²) < 4.78 is 0. The van der Waals surface area contributed by atoms with Gasteiger partial charge in [-0.2, -0.15) is 0 Å². The second-order valence-electron chi connectivity index (χ2n) is 8.53. The molecule has 3 heterocycles. The first-order valence-corrected chi connectivity index (χ1v) is 12.6. The quantitative estimate of drug-likeness (QED) is 0.322. The zero-order valence-electron chi connectivity index (χ0n) is 18.8. The lowest BCUT2D eigenvalue weighted by molar-refractivity contribution is 0.00582. The molecule has 0 saturated carbocycles. The van der Waals surface area contributed by atoms with Crippen LogP contribution in [0.5, 0.6) is 0 Å². The second kappa shape index (κ2) is 9.80. The van der Waals surface area contributed by atoms with Gasteiger partial charge in [-0.25, -0.2) is 15.0 Å². The molecule has 1 saturated heterocycles. The van der Waals surface area contributed by atoms with Crippen LogP contribution in [0.15, 0.2) is 66.9 Å². The van der Waals surface area contributed by atoms with E-state index < -0.39 is 5.60 Å². The number of nitrogens with zero attached hydrogens (tertiary/aromatic N) is 3. The Morgan fingerprint density at radius 1 is 1.06 bits per heavy atom. The normalized spacial score (nSPS) is 16.2. The molecule has 1 aliphatic rings. The van der Waals surface area contributed by atoms with Crippen LogP contribution in [0, 0.1) is 0 Å². The molecule has 0 radical (unpaired) electrons. The van der Waals surface area contributed by atoms with Crippen molar-refractivity contribution < 1.29 is 5.11 Å². The van der Waals surface area contributed by atoms with Crippen molar-refractivity contribution in [2.75, 3.05) is 18.4 Å². The van der Waals surface area contributed by atoms with E-state index in [4.69, 9.17) is 21.6 Å². The summed E-state index contributed by atoms with van der Waals surface area (Å²) in [5, 5.41) is 19.4. The van der Waals surface area contributed by atoms with E-state index >= 15 is 0 Å². The smallest absolute Gasteiger partial charge is 0.223 e. The highest BCUT2D eigenvalue weighted by Gasteiger charge is 2.35. The molecule has 1 fully saturated rings. The maximum atomic E-state index is 11.4. The Morgan fingerprint density at radius 2 is 1.85 bits per heavy atom. The summed E-state index contributed by atoms with van der Waals surface area (Å²) in [6.45, 7) is 3.61. The molecule has 5 rings (SSSR count). The molecule has 1 atom stereocenters. The molecule has 3 N–H and O–H groups in total. The lowest BCUT2D eigenvalue weighted by Crippen LogP contribution is -2.39. The van der Waals surface area contributed by atoms with E-state index in [0.29, 0.717) is 28.8 Å². The summed E-state index contributed by atoms with van der Waals surface area (Å²) in [4.78, 5) is 15.1. The Hall–Kier alpha value is -2.84. The van der Waals surface area contributed by atoms with Crippen LogP contribution in [-0.4, -0.2) is 33.1 Å². The van der Waals surface area contributed by atoms with E-state index in [9.17, 15) is 5.11 Å². The van der Waals surface area contributed by atoms with Gasteiger partial charge in [-0.1, -0.05) is 54.1 Å². The SMILES string of the molecule is CC(Nc1nccc(-c2sc(C3(O)CCNCC3)nc2-c2cccc(Cl)c2)n1)c1ccccc1. The summed E-state index contributed by atoms with van der Waals surface area (Å²) >= 11 is 7.79. The van der Waals surface area contributed by atoms with Crippen molar-refractivity contribution >= 4 is 28.9 Å². The van der Waals surface area contributed by atoms with Crippen LogP contribution in [0.3, 0.4) is 0 Å². The number of benzene rings is 2. The van der Waals surface area contributed by atoms with Gasteiger partial charge in [0.2, 0.25) is 5.95 Å². The van der Waals surface area contributed by atoms with Crippen LogP contribution in [0.25, 0.3) is 21.8 Å². The predicted octanol–water partition coefficient (Wildman–Crippen LogP) is 5.66. The molecule has 2 aromatic carbocycles. The van der Waals surface area contributed by atoms with Gasteiger partial charge in [-0.3, -0.25) is 0 Å². The highest BCUT2D eigenvalue weighted by molar-refractivity contribution is 7.15. The minimum absolute atomic E-state index is 0.0521. The largest absolute Gasteiger partial charge is 0.383 e. The molecular weight excluding hydrogens is 466 g/mol. The maximum Gasteiger partial charge on any atom is 0.223 e. The number of thiazole rings is 1. The van der Waals surface area contributed by atoms with Crippen LogP contribution in [0.2, 0.25) is 5.02 Å². The third-order valence-electron chi connectivity index (χ3n) is 6.09. The van der Waals surface area contributed by atoms with Crippen LogP contribution in [0.4, 0.5) is 5.95 Å². The molecule has 6 nitrogen and oxygen atoms in total. The van der Waals surface area contributed by atoms with Crippen molar-refractivity contribution in [2.45, 2.75) is 31.4 Å². The van der Waals surface area contributed by atoms with E-state index in [-0.39, 0.29) is 6.04 Å². The zero-order chi connectivity index (χ0) is 23.5. The number of anilines is 1. The Morgan fingerprint density at radius 3 is 2.62 bits per heavy atom. The van der Waals surface area contributed by atoms with Crippen molar-refractivity contribution in [1.82, 2.24) is 20.3 Å². The molecular formula is C26H26ClN5OS. The van der Waals surface area contributed by atoms with E-state index in [0.717, 1.165) is 40.5 Å². The van der Waals surface area contributed by atoms with Crippen LogP contribution < -0.4 is 10.6 Å². The first-order chi connectivity index (χ1) is 16.5. The van der Waals surface area contributed by atoms with Crippen LogP contribution >= 0.6 is 22.9 Å². The number of rotatable bonds is 6. The van der Waals surface area contributed by atoms with Crippen molar-refractivity contribution in [2.24, 2.45) is 0 Å².